The lowest BCUT2D eigenvalue weighted by molar-refractivity contribution is 0.0780. The van der Waals surface area contributed by atoms with Crippen molar-refractivity contribution in [1.29, 1.82) is 0 Å². The van der Waals surface area contributed by atoms with E-state index in [9.17, 15) is 4.79 Å². The maximum absolute atomic E-state index is 12.2. The first-order valence-electron chi connectivity index (χ1n) is 5.61. The van der Waals surface area contributed by atoms with E-state index in [2.05, 4.69) is 15.5 Å². The molecule has 0 saturated heterocycles. The number of aromatic nitrogens is 4. The van der Waals surface area contributed by atoms with Crippen molar-refractivity contribution in [3.8, 4) is 0 Å². The zero-order chi connectivity index (χ0) is 13.1. The summed E-state index contributed by atoms with van der Waals surface area (Å²) in [5, 5.41) is 11.1. The molecule has 6 nitrogen and oxygen atoms in total. The highest BCUT2D eigenvalue weighted by atomic mass is 16.2. The van der Waals surface area contributed by atoms with Crippen molar-refractivity contribution in [2.45, 2.75) is 13.5 Å². The lowest BCUT2D eigenvalue weighted by atomic mass is 10.1. The molecule has 94 valence electrons. The van der Waals surface area contributed by atoms with Gasteiger partial charge in [-0.1, -0.05) is 17.7 Å². The molecule has 1 aromatic heterocycles. The zero-order valence-corrected chi connectivity index (χ0v) is 10.7. The molecule has 18 heavy (non-hydrogen) atoms. The van der Waals surface area contributed by atoms with Crippen molar-refractivity contribution in [2.24, 2.45) is 7.05 Å². The normalized spacial score (nSPS) is 10.4. The predicted octanol–water partition coefficient (Wildman–Crippen LogP) is 0.791. The summed E-state index contributed by atoms with van der Waals surface area (Å²) >= 11 is 0. The number of rotatable bonds is 3. The van der Waals surface area contributed by atoms with Crippen molar-refractivity contribution >= 4 is 5.91 Å². The SMILES string of the molecule is Cc1cccc(C(=O)N(C)Cc2nnnn2C)c1. The molecule has 0 radical (unpaired) electrons. The van der Waals surface area contributed by atoms with E-state index in [0.29, 0.717) is 17.9 Å². The molecule has 6 heteroatoms. The van der Waals surface area contributed by atoms with Crippen LogP contribution in [0.2, 0.25) is 0 Å². The third kappa shape index (κ3) is 2.53. The number of carbonyl (C=O) groups excluding carboxylic acids is 1. The molecule has 0 spiro atoms. The molecule has 0 aliphatic carbocycles. The van der Waals surface area contributed by atoms with Gasteiger partial charge in [-0.2, -0.15) is 0 Å². The lowest BCUT2D eigenvalue weighted by Gasteiger charge is -2.16. The van der Waals surface area contributed by atoms with Crippen molar-refractivity contribution in [2.75, 3.05) is 7.05 Å². The minimum absolute atomic E-state index is 0.0401. The number of tetrazole rings is 1. The summed E-state index contributed by atoms with van der Waals surface area (Å²) in [5.74, 6) is 0.611. The second-order valence-electron chi connectivity index (χ2n) is 4.25. The number of hydrogen-bond acceptors (Lipinski definition) is 4. The van der Waals surface area contributed by atoms with Gasteiger partial charge in [0, 0.05) is 19.7 Å². The smallest absolute Gasteiger partial charge is 0.254 e. The van der Waals surface area contributed by atoms with Crippen molar-refractivity contribution in [3.05, 3.63) is 41.2 Å². The lowest BCUT2D eigenvalue weighted by Crippen LogP contribution is -2.27. The van der Waals surface area contributed by atoms with E-state index in [4.69, 9.17) is 0 Å². The molecule has 0 aliphatic rings. The Balaban J connectivity index is 2.12. The fourth-order valence-corrected chi connectivity index (χ4v) is 1.66. The van der Waals surface area contributed by atoms with E-state index in [1.165, 1.54) is 0 Å². The Morgan fingerprint density at radius 1 is 1.44 bits per heavy atom. The van der Waals surface area contributed by atoms with Crippen LogP contribution in [0, 0.1) is 6.92 Å². The Kier molecular flexibility index (Phi) is 3.36. The van der Waals surface area contributed by atoms with Gasteiger partial charge in [0.2, 0.25) is 0 Å². The molecule has 0 aliphatic heterocycles. The van der Waals surface area contributed by atoms with Crippen LogP contribution in [0.5, 0.6) is 0 Å². The second kappa shape index (κ2) is 4.95. The monoisotopic (exact) mass is 245 g/mol. The van der Waals surface area contributed by atoms with Gasteiger partial charge < -0.3 is 4.90 Å². The number of aryl methyl sites for hydroxylation is 2. The summed E-state index contributed by atoms with van der Waals surface area (Å²) in [4.78, 5) is 13.8. The van der Waals surface area contributed by atoms with Crippen molar-refractivity contribution < 1.29 is 4.79 Å². The molecule has 0 atom stereocenters. The first-order chi connectivity index (χ1) is 8.58. The van der Waals surface area contributed by atoms with Gasteiger partial charge in [-0.05, 0) is 29.5 Å². The molecule has 0 N–H and O–H groups in total. The maximum Gasteiger partial charge on any atom is 0.254 e. The van der Waals surface area contributed by atoms with Gasteiger partial charge in [0.1, 0.15) is 0 Å². The van der Waals surface area contributed by atoms with Gasteiger partial charge in [-0.3, -0.25) is 4.79 Å². The third-order valence-corrected chi connectivity index (χ3v) is 2.70. The summed E-state index contributed by atoms with van der Waals surface area (Å²) in [7, 11) is 3.49. The van der Waals surface area contributed by atoms with E-state index in [1.807, 2.05) is 25.1 Å². The summed E-state index contributed by atoms with van der Waals surface area (Å²) in [5.41, 5.74) is 1.74. The van der Waals surface area contributed by atoms with Crippen molar-refractivity contribution in [1.82, 2.24) is 25.1 Å². The highest BCUT2D eigenvalue weighted by molar-refractivity contribution is 5.94. The molecule has 2 aromatic rings. The first kappa shape index (κ1) is 12.2. The van der Waals surface area contributed by atoms with E-state index < -0.39 is 0 Å². The highest BCUT2D eigenvalue weighted by Gasteiger charge is 2.14. The average molecular weight is 245 g/mol. The van der Waals surface area contributed by atoms with Crippen LogP contribution in [0.1, 0.15) is 21.7 Å². The third-order valence-electron chi connectivity index (χ3n) is 2.70. The van der Waals surface area contributed by atoms with Crippen LogP contribution >= 0.6 is 0 Å². The van der Waals surface area contributed by atoms with Gasteiger partial charge in [0.05, 0.1) is 6.54 Å². The Morgan fingerprint density at radius 2 is 2.22 bits per heavy atom. The highest BCUT2D eigenvalue weighted by Crippen LogP contribution is 2.08. The molecular weight excluding hydrogens is 230 g/mol. The van der Waals surface area contributed by atoms with Crippen molar-refractivity contribution in [3.63, 3.8) is 0 Å². The van der Waals surface area contributed by atoms with E-state index >= 15 is 0 Å². The number of hydrogen-bond donors (Lipinski definition) is 0. The van der Waals surface area contributed by atoms with Crippen LogP contribution in [-0.4, -0.2) is 38.1 Å². The molecule has 0 unspecified atom stereocenters. The second-order valence-corrected chi connectivity index (χ2v) is 4.25. The number of carbonyl (C=O) groups is 1. The standard InChI is InChI=1S/C12H15N5O/c1-9-5-4-6-10(7-9)12(18)16(2)8-11-13-14-15-17(11)3/h4-7H,8H2,1-3H3. The zero-order valence-electron chi connectivity index (χ0n) is 10.7. The minimum Gasteiger partial charge on any atom is -0.334 e. The van der Waals surface area contributed by atoms with E-state index in [-0.39, 0.29) is 5.91 Å². The van der Waals surface area contributed by atoms with Gasteiger partial charge in [0.25, 0.3) is 5.91 Å². The summed E-state index contributed by atoms with van der Waals surface area (Å²) in [6.07, 6.45) is 0. The van der Waals surface area contributed by atoms with Gasteiger partial charge in [-0.15, -0.1) is 5.10 Å². The number of amides is 1. The number of benzene rings is 1. The molecule has 2 rings (SSSR count). The predicted molar refractivity (Wildman–Crippen MR) is 65.8 cm³/mol. The molecule has 1 heterocycles. The Hall–Kier alpha value is -2.24. The molecular formula is C12H15N5O. The van der Waals surface area contributed by atoms with Crippen LogP contribution in [0.3, 0.4) is 0 Å². The molecule has 0 saturated carbocycles. The van der Waals surface area contributed by atoms with E-state index in [1.54, 1.807) is 29.7 Å². The quantitative estimate of drug-likeness (QED) is 0.802. The topological polar surface area (TPSA) is 63.9 Å². The summed E-state index contributed by atoms with van der Waals surface area (Å²) < 4.78 is 1.56. The molecule has 1 aromatic carbocycles. The summed E-state index contributed by atoms with van der Waals surface area (Å²) in [6.45, 7) is 2.35. The fourth-order valence-electron chi connectivity index (χ4n) is 1.66. The summed E-state index contributed by atoms with van der Waals surface area (Å²) in [6, 6.07) is 7.51. The Morgan fingerprint density at radius 3 is 2.83 bits per heavy atom. The average Bonchev–Trinajstić information content (AvgIpc) is 2.74. The Labute approximate surface area is 105 Å². The van der Waals surface area contributed by atoms with Crippen LogP contribution in [0.4, 0.5) is 0 Å². The van der Waals surface area contributed by atoms with Crippen LogP contribution < -0.4 is 0 Å². The van der Waals surface area contributed by atoms with Gasteiger partial charge >= 0.3 is 0 Å². The number of nitrogens with zero attached hydrogens (tertiary/aromatic N) is 5. The Bertz CT molecular complexity index is 563. The molecule has 1 amide bonds. The van der Waals surface area contributed by atoms with Gasteiger partial charge in [0.15, 0.2) is 5.82 Å². The van der Waals surface area contributed by atoms with Crippen LogP contribution in [-0.2, 0) is 13.6 Å². The maximum atomic E-state index is 12.2. The minimum atomic E-state index is -0.0401. The van der Waals surface area contributed by atoms with Crippen LogP contribution in [0.15, 0.2) is 24.3 Å². The van der Waals surface area contributed by atoms with E-state index in [0.717, 1.165) is 5.56 Å². The fraction of sp³-hybridized carbons (Fsp3) is 0.333. The largest absolute Gasteiger partial charge is 0.334 e. The van der Waals surface area contributed by atoms with Gasteiger partial charge in [-0.25, -0.2) is 4.68 Å². The van der Waals surface area contributed by atoms with Crippen LogP contribution in [0.25, 0.3) is 0 Å². The molecule has 0 fully saturated rings. The first-order valence-corrected chi connectivity index (χ1v) is 5.61. The molecule has 0 bridgehead atoms.